The van der Waals surface area contributed by atoms with Crippen LogP contribution in [0.3, 0.4) is 0 Å². The van der Waals surface area contributed by atoms with Gasteiger partial charge in [0.1, 0.15) is 5.52 Å². The van der Waals surface area contributed by atoms with Crippen LogP contribution in [-0.4, -0.2) is 22.4 Å². The number of hydrogen-bond acceptors (Lipinski definition) is 5. The molecule has 3 rings (SSSR count). The summed E-state index contributed by atoms with van der Waals surface area (Å²) < 4.78 is 5.59. The molecule has 0 spiro atoms. The van der Waals surface area contributed by atoms with Crippen LogP contribution in [0.15, 0.2) is 58.2 Å². The molecular formula is C19H18N2O3S. The highest BCUT2D eigenvalue weighted by Gasteiger charge is 2.12. The second-order valence-electron chi connectivity index (χ2n) is 5.88. The topological polar surface area (TPSA) is 72.2 Å². The fraction of sp³-hybridized carbons (Fsp3) is 0.211. The molecule has 1 amide bonds. The number of aromatic nitrogens is 1. The lowest BCUT2D eigenvalue weighted by Gasteiger charge is -2.08. The van der Waals surface area contributed by atoms with Gasteiger partial charge >= 0.3 is 0 Å². The minimum atomic E-state index is -0.0889. The number of rotatable bonds is 6. The maximum absolute atomic E-state index is 12.3. The largest absolute Gasteiger partial charge is 0.431 e. The lowest BCUT2D eigenvalue weighted by atomic mass is 10.1. The monoisotopic (exact) mass is 354 g/mol. The van der Waals surface area contributed by atoms with Crippen LogP contribution in [-0.2, 0) is 4.79 Å². The van der Waals surface area contributed by atoms with Gasteiger partial charge in [-0.15, -0.1) is 0 Å². The molecule has 0 unspecified atom stereocenters. The summed E-state index contributed by atoms with van der Waals surface area (Å²) in [6, 6.07) is 14.4. The molecule has 0 saturated heterocycles. The number of carbonyl (C=O) groups is 2. The van der Waals surface area contributed by atoms with Crippen molar-refractivity contribution in [2.24, 2.45) is 5.92 Å². The van der Waals surface area contributed by atoms with Gasteiger partial charge in [0.2, 0.25) is 5.91 Å². The minimum Gasteiger partial charge on any atom is -0.431 e. The quantitative estimate of drug-likeness (QED) is 0.525. The van der Waals surface area contributed by atoms with Crippen LogP contribution >= 0.6 is 11.8 Å². The van der Waals surface area contributed by atoms with Gasteiger partial charge in [-0.05, 0) is 36.4 Å². The van der Waals surface area contributed by atoms with Gasteiger partial charge in [-0.3, -0.25) is 9.59 Å². The van der Waals surface area contributed by atoms with Crippen molar-refractivity contribution in [3.05, 3.63) is 54.1 Å². The number of fused-ring (bicyclic) bond motifs is 1. The van der Waals surface area contributed by atoms with E-state index in [0.29, 0.717) is 22.1 Å². The lowest BCUT2D eigenvalue weighted by Crippen LogP contribution is -2.17. The number of nitrogens with one attached hydrogen (secondary N) is 1. The summed E-state index contributed by atoms with van der Waals surface area (Å²) in [5, 5.41) is 3.28. The van der Waals surface area contributed by atoms with Crippen LogP contribution in [0.4, 0.5) is 5.69 Å². The van der Waals surface area contributed by atoms with Gasteiger partial charge in [0.05, 0.1) is 5.75 Å². The van der Waals surface area contributed by atoms with Gasteiger partial charge in [-0.1, -0.05) is 37.7 Å². The van der Waals surface area contributed by atoms with Crippen molar-refractivity contribution in [3.8, 4) is 0 Å². The second kappa shape index (κ2) is 7.53. The number of anilines is 1. The molecule has 3 aromatic rings. The highest BCUT2D eigenvalue weighted by atomic mass is 32.2. The second-order valence-corrected chi connectivity index (χ2v) is 6.81. The predicted molar refractivity (Wildman–Crippen MR) is 99.0 cm³/mol. The van der Waals surface area contributed by atoms with E-state index < -0.39 is 0 Å². The molecule has 1 heterocycles. The van der Waals surface area contributed by atoms with Crippen LogP contribution in [0.1, 0.15) is 24.2 Å². The Morgan fingerprint density at radius 2 is 1.84 bits per heavy atom. The highest BCUT2D eigenvalue weighted by Crippen LogP contribution is 2.24. The Labute approximate surface area is 149 Å². The van der Waals surface area contributed by atoms with E-state index in [9.17, 15) is 9.59 Å². The van der Waals surface area contributed by atoms with E-state index in [4.69, 9.17) is 4.42 Å². The molecule has 6 heteroatoms. The molecule has 0 atom stereocenters. The number of hydrogen-bond donors (Lipinski definition) is 1. The van der Waals surface area contributed by atoms with Gasteiger partial charge < -0.3 is 9.73 Å². The predicted octanol–water partition coefficient (Wildman–Crippen LogP) is 4.40. The molecule has 1 N–H and O–H groups in total. The summed E-state index contributed by atoms with van der Waals surface area (Å²) in [6.07, 6.45) is 0. The van der Waals surface area contributed by atoms with Crippen molar-refractivity contribution < 1.29 is 14.0 Å². The van der Waals surface area contributed by atoms with Crippen molar-refractivity contribution in [1.82, 2.24) is 4.98 Å². The summed E-state index contributed by atoms with van der Waals surface area (Å²) >= 11 is 1.27. The molecule has 25 heavy (non-hydrogen) atoms. The molecule has 5 nitrogen and oxygen atoms in total. The van der Waals surface area contributed by atoms with E-state index in [1.54, 1.807) is 24.3 Å². The number of thioether (sulfide) groups is 1. The number of benzene rings is 2. The molecule has 0 bridgehead atoms. The third kappa shape index (κ3) is 4.28. The van der Waals surface area contributed by atoms with Crippen LogP contribution in [0.2, 0.25) is 0 Å². The average Bonchev–Trinajstić information content (AvgIpc) is 3.03. The molecule has 2 aromatic carbocycles. The molecule has 0 fully saturated rings. The van der Waals surface area contributed by atoms with Gasteiger partial charge in [0, 0.05) is 17.2 Å². The van der Waals surface area contributed by atoms with Gasteiger partial charge in [0.25, 0.3) is 5.22 Å². The van der Waals surface area contributed by atoms with Crippen molar-refractivity contribution in [2.45, 2.75) is 19.1 Å². The van der Waals surface area contributed by atoms with E-state index in [1.807, 2.05) is 38.1 Å². The van der Waals surface area contributed by atoms with E-state index in [0.717, 1.165) is 5.52 Å². The fourth-order valence-electron chi connectivity index (χ4n) is 2.15. The number of para-hydroxylation sites is 2. The zero-order valence-electron chi connectivity index (χ0n) is 14.0. The van der Waals surface area contributed by atoms with Crippen LogP contribution < -0.4 is 5.32 Å². The molecule has 0 radical (unpaired) electrons. The molecule has 0 aliphatic carbocycles. The zero-order chi connectivity index (χ0) is 17.8. The lowest BCUT2D eigenvalue weighted by molar-refractivity contribution is -0.118. The SMILES string of the molecule is CC(C)C(=O)Nc1ccc(C(=O)CSc2nc3ccccc3o2)cc1. The van der Waals surface area contributed by atoms with Gasteiger partial charge in [-0.25, -0.2) is 4.98 Å². The first-order chi connectivity index (χ1) is 12.0. The van der Waals surface area contributed by atoms with Crippen molar-refractivity contribution in [3.63, 3.8) is 0 Å². The number of nitrogens with zero attached hydrogens (tertiary/aromatic N) is 1. The number of amides is 1. The third-order valence-electron chi connectivity index (χ3n) is 3.60. The van der Waals surface area contributed by atoms with Crippen molar-refractivity contribution in [2.75, 3.05) is 11.1 Å². The van der Waals surface area contributed by atoms with Crippen molar-refractivity contribution in [1.29, 1.82) is 0 Å². The number of carbonyl (C=O) groups excluding carboxylic acids is 2. The Morgan fingerprint density at radius 3 is 2.52 bits per heavy atom. The van der Waals surface area contributed by atoms with E-state index in [-0.39, 0.29) is 23.4 Å². The smallest absolute Gasteiger partial charge is 0.257 e. The number of ketones is 1. The molecule has 0 aliphatic rings. The van der Waals surface area contributed by atoms with Crippen LogP contribution in [0.5, 0.6) is 0 Å². The molecule has 128 valence electrons. The molecule has 1 aromatic heterocycles. The minimum absolute atomic E-state index is 0.0195. The Morgan fingerprint density at radius 1 is 1.12 bits per heavy atom. The average molecular weight is 354 g/mol. The summed E-state index contributed by atoms with van der Waals surface area (Å²) in [7, 11) is 0. The third-order valence-corrected chi connectivity index (χ3v) is 4.43. The van der Waals surface area contributed by atoms with Crippen molar-refractivity contribution >= 4 is 40.2 Å². The Balaban J connectivity index is 1.60. The van der Waals surface area contributed by atoms with Crippen LogP contribution in [0, 0.1) is 5.92 Å². The fourth-order valence-corrected chi connectivity index (χ4v) is 2.88. The van der Waals surface area contributed by atoms with Gasteiger partial charge in [-0.2, -0.15) is 0 Å². The maximum Gasteiger partial charge on any atom is 0.257 e. The first kappa shape index (κ1) is 17.2. The standard InChI is InChI=1S/C19H18N2O3S/c1-12(2)18(23)20-14-9-7-13(8-10-14)16(22)11-25-19-21-15-5-3-4-6-17(15)24-19/h3-10,12H,11H2,1-2H3,(H,20,23). The molecular weight excluding hydrogens is 336 g/mol. The number of oxazole rings is 1. The summed E-state index contributed by atoms with van der Waals surface area (Å²) in [5.74, 6) is 0.0819. The van der Waals surface area contributed by atoms with E-state index >= 15 is 0 Å². The Bertz CT molecular complexity index is 867. The summed E-state index contributed by atoms with van der Waals surface area (Å²) in [4.78, 5) is 28.3. The first-order valence-corrected chi connectivity index (χ1v) is 8.94. The van der Waals surface area contributed by atoms with Gasteiger partial charge in [0.15, 0.2) is 11.4 Å². The highest BCUT2D eigenvalue weighted by molar-refractivity contribution is 7.99. The molecule has 0 saturated carbocycles. The first-order valence-electron chi connectivity index (χ1n) is 7.95. The summed E-state index contributed by atoms with van der Waals surface area (Å²) in [5.41, 5.74) is 2.76. The molecule has 0 aliphatic heterocycles. The normalized spacial score (nSPS) is 11.0. The van der Waals surface area contributed by atoms with Crippen LogP contribution in [0.25, 0.3) is 11.1 Å². The summed E-state index contributed by atoms with van der Waals surface area (Å²) in [6.45, 7) is 3.66. The Hall–Kier alpha value is -2.60. The zero-order valence-corrected chi connectivity index (χ0v) is 14.8. The van der Waals surface area contributed by atoms with E-state index in [2.05, 4.69) is 10.3 Å². The Kier molecular flexibility index (Phi) is 5.19. The maximum atomic E-state index is 12.3. The van der Waals surface area contributed by atoms with E-state index in [1.165, 1.54) is 11.8 Å². The number of Topliss-reactive ketones (excluding diaryl/α,β-unsaturated/α-hetero) is 1.